The van der Waals surface area contributed by atoms with E-state index in [1.165, 1.54) is 44.8 Å². The topological polar surface area (TPSA) is 15.3 Å². The molecule has 0 radical (unpaired) electrons. The second kappa shape index (κ2) is 6.77. The summed E-state index contributed by atoms with van der Waals surface area (Å²) in [7, 11) is 0. The van der Waals surface area contributed by atoms with Gasteiger partial charge in [0.05, 0.1) is 0 Å². The maximum absolute atomic E-state index is 3.39. The first-order chi connectivity index (χ1) is 7.14. The number of nitrogens with one attached hydrogen (secondary N) is 1. The van der Waals surface area contributed by atoms with E-state index in [-0.39, 0.29) is 0 Å². The number of rotatable bonds is 5. The minimum atomic E-state index is 0.496. The summed E-state index contributed by atoms with van der Waals surface area (Å²) in [6.07, 6.45) is 2.62. The highest BCUT2D eigenvalue weighted by atomic mass is 32.2. The van der Waals surface area contributed by atoms with Gasteiger partial charge in [-0.3, -0.25) is 0 Å². The molecule has 1 saturated heterocycles. The van der Waals surface area contributed by atoms with Crippen molar-refractivity contribution in [2.24, 2.45) is 0 Å². The van der Waals surface area contributed by atoms with Crippen molar-refractivity contribution in [3.63, 3.8) is 0 Å². The van der Waals surface area contributed by atoms with Crippen LogP contribution >= 0.6 is 11.8 Å². The Labute approximate surface area is 99.2 Å². The molecule has 0 aliphatic carbocycles. The lowest BCUT2D eigenvalue weighted by atomic mass is 10.1. The third-order valence-electron chi connectivity index (χ3n) is 3.01. The highest BCUT2D eigenvalue weighted by molar-refractivity contribution is 8.00. The van der Waals surface area contributed by atoms with Gasteiger partial charge in [-0.15, -0.1) is 0 Å². The van der Waals surface area contributed by atoms with Gasteiger partial charge < -0.3 is 10.2 Å². The molecular weight excluding hydrogens is 204 g/mol. The molecule has 1 fully saturated rings. The summed E-state index contributed by atoms with van der Waals surface area (Å²) < 4.78 is 0.496. The van der Waals surface area contributed by atoms with Crippen LogP contribution in [0.25, 0.3) is 0 Å². The van der Waals surface area contributed by atoms with E-state index in [2.05, 4.69) is 42.7 Å². The normalized spacial score (nSPS) is 22.6. The molecule has 3 heteroatoms. The maximum Gasteiger partial charge on any atom is 0.0116 e. The molecule has 0 aromatic rings. The van der Waals surface area contributed by atoms with Gasteiger partial charge in [0.2, 0.25) is 0 Å². The standard InChI is InChI=1S/C12H26N2S/c1-4-13-7-5-8-14-9-6-12(2,3)15-11-10-14/h13H,4-11H2,1-3H3. The fraction of sp³-hybridized carbons (Fsp3) is 1.00. The van der Waals surface area contributed by atoms with Crippen molar-refractivity contribution in [1.29, 1.82) is 0 Å². The molecule has 0 aromatic carbocycles. The molecule has 1 rings (SSSR count). The van der Waals surface area contributed by atoms with Gasteiger partial charge >= 0.3 is 0 Å². The summed E-state index contributed by atoms with van der Waals surface area (Å²) >= 11 is 2.13. The van der Waals surface area contributed by atoms with Gasteiger partial charge in [-0.1, -0.05) is 20.8 Å². The SMILES string of the molecule is CCNCCCN1CCSC(C)(C)CC1. The zero-order valence-corrected chi connectivity index (χ0v) is 11.3. The Bertz CT molecular complexity index is 171. The molecular formula is C12H26N2S. The third kappa shape index (κ3) is 5.79. The van der Waals surface area contributed by atoms with Crippen molar-refractivity contribution in [3.05, 3.63) is 0 Å². The van der Waals surface area contributed by atoms with Crippen LogP contribution in [0.1, 0.15) is 33.6 Å². The van der Waals surface area contributed by atoms with Crippen molar-refractivity contribution in [2.45, 2.75) is 38.4 Å². The van der Waals surface area contributed by atoms with Crippen LogP contribution < -0.4 is 5.32 Å². The predicted molar refractivity (Wildman–Crippen MR) is 70.8 cm³/mol. The Kier molecular flexibility index (Phi) is 6.02. The fourth-order valence-electron chi connectivity index (χ4n) is 1.89. The second-order valence-corrected chi connectivity index (χ2v) is 6.71. The van der Waals surface area contributed by atoms with E-state index in [9.17, 15) is 0 Å². The van der Waals surface area contributed by atoms with Crippen molar-refractivity contribution in [2.75, 3.05) is 38.5 Å². The van der Waals surface area contributed by atoms with Crippen molar-refractivity contribution < 1.29 is 0 Å². The van der Waals surface area contributed by atoms with Crippen LogP contribution in [0.3, 0.4) is 0 Å². The molecule has 1 N–H and O–H groups in total. The first-order valence-corrected chi connectivity index (χ1v) is 7.19. The van der Waals surface area contributed by atoms with Crippen LogP contribution in [-0.4, -0.2) is 48.1 Å². The quantitative estimate of drug-likeness (QED) is 0.729. The molecule has 0 bridgehead atoms. The molecule has 1 aliphatic heterocycles. The lowest BCUT2D eigenvalue weighted by Crippen LogP contribution is -2.30. The minimum Gasteiger partial charge on any atom is -0.317 e. The van der Waals surface area contributed by atoms with Crippen LogP contribution in [-0.2, 0) is 0 Å². The molecule has 2 nitrogen and oxygen atoms in total. The minimum absolute atomic E-state index is 0.496. The van der Waals surface area contributed by atoms with Gasteiger partial charge in [-0.05, 0) is 39.0 Å². The van der Waals surface area contributed by atoms with Gasteiger partial charge in [-0.2, -0.15) is 11.8 Å². The number of hydrogen-bond acceptors (Lipinski definition) is 3. The lowest BCUT2D eigenvalue weighted by molar-refractivity contribution is 0.280. The Morgan fingerprint density at radius 1 is 1.33 bits per heavy atom. The summed E-state index contributed by atoms with van der Waals surface area (Å²) in [5.74, 6) is 1.30. The molecule has 0 unspecified atom stereocenters. The van der Waals surface area contributed by atoms with E-state index < -0.39 is 0 Å². The second-order valence-electron chi connectivity index (χ2n) is 4.91. The van der Waals surface area contributed by atoms with Crippen LogP contribution in [0.5, 0.6) is 0 Å². The van der Waals surface area contributed by atoms with Gasteiger partial charge in [0.25, 0.3) is 0 Å². The fourth-order valence-corrected chi connectivity index (χ4v) is 3.03. The van der Waals surface area contributed by atoms with Gasteiger partial charge in [0.1, 0.15) is 0 Å². The number of hydrogen-bond donors (Lipinski definition) is 1. The van der Waals surface area contributed by atoms with Crippen LogP contribution in [0, 0.1) is 0 Å². The zero-order chi connectivity index (χ0) is 11.1. The highest BCUT2D eigenvalue weighted by Crippen LogP contribution is 2.30. The van der Waals surface area contributed by atoms with Crippen molar-refractivity contribution in [3.8, 4) is 0 Å². The molecule has 0 aromatic heterocycles. The van der Waals surface area contributed by atoms with Crippen LogP contribution in [0.2, 0.25) is 0 Å². The van der Waals surface area contributed by atoms with E-state index in [4.69, 9.17) is 0 Å². The Morgan fingerprint density at radius 2 is 2.13 bits per heavy atom. The Hall–Kier alpha value is 0.270. The van der Waals surface area contributed by atoms with Crippen molar-refractivity contribution >= 4 is 11.8 Å². The van der Waals surface area contributed by atoms with E-state index in [1.807, 2.05) is 0 Å². The van der Waals surface area contributed by atoms with E-state index >= 15 is 0 Å². The lowest BCUT2D eigenvalue weighted by Gasteiger charge is -2.22. The molecule has 0 amide bonds. The molecule has 15 heavy (non-hydrogen) atoms. The first kappa shape index (κ1) is 13.3. The maximum atomic E-state index is 3.39. The van der Waals surface area contributed by atoms with E-state index in [1.54, 1.807) is 0 Å². The van der Waals surface area contributed by atoms with Gasteiger partial charge in [0.15, 0.2) is 0 Å². The summed E-state index contributed by atoms with van der Waals surface area (Å²) in [5, 5.41) is 3.39. The first-order valence-electron chi connectivity index (χ1n) is 6.21. The average Bonchev–Trinajstić information content (AvgIpc) is 2.35. The largest absolute Gasteiger partial charge is 0.317 e. The average molecular weight is 230 g/mol. The van der Waals surface area contributed by atoms with Crippen LogP contribution in [0.15, 0.2) is 0 Å². The zero-order valence-electron chi connectivity index (χ0n) is 10.5. The smallest absolute Gasteiger partial charge is 0.0116 e. The Morgan fingerprint density at radius 3 is 2.87 bits per heavy atom. The van der Waals surface area contributed by atoms with Gasteiger partial charge in [-0.25, -0.2) is 0 Å². The monoisotopic (exact) mass is 230 g/mol. The molecule has 90 valence electrons. The molecule has 0 atom stereocenters. The van der Waals surface area contributed by atoms with Crippen molar-refractivity contribution in [1.82, 2.24) is 10.2 Å². The van der Waals surface area contributed by atoms with Gasteiger partial charge in [0, 0.05) is 17.0 Å². The highest BCUT2D eigenvalue weighted by Gasteiger charge is 2.22. The van der Waals surface area contributed by atoms with E-state index in [0.717, 1.165) is 6.54 Å². The van der Waals surface area contributed by atoms with E-state index in [0.29, 0.717) is 4.75 Å². The predicted octanol–water partition coefficient (Wildman–Crippen LogP) is 2.20. The molecule has 1 heterocycles. The number of thioether (sulfide) groups is 1. The van der Waals surface area contributed by atoms with Crippen LogP contribution in [0.4, 0.5) is 0 Å². The molecule has 0 spiro atoms. The Balaban J connectivity index is 2.14. The third-order valence-corrected chi connectivity index (χ3v) is 4.38. The molecule has 0 saturated carbocycles. The summed E-state index contributed by atoms with van der Waals surface area (Å²) in [6.45, 7) is 13.0. The molecule has 1 aliphatic rings. The summed E-state index contributed by atoms with van der Waals surface area (Å²) in [6, 6.07) is 0. The summed E-state index contributed by atoms with van der Waals surface area (Å²) in [5.41, 5.74) is 0. The number of nitrogens with zero attached hydrogens (tertiary/aromatic N) is 1. The summed E-state index contributed by atoms with van der Waals surface area (Å²) in [4.78, 5) is 2.62.